The third kappa shape index (κ3) is 4.97. The molecule has 0 aliphatic heterocycles. The molecule has 2 aromatic heterocycles. The third-order valence-corrected chi connectivity index (χ3v) is 5.78. The van der Waals surface area contributed by atoms with Gasteiger partial charge in [-0.05, 0) is 37.1 Å². The molecule has 2 heterocycles. The zero-order chi connectivity index (χ0) is 22.5. The first kappa shape index (κ1) is 22.2. The van der Waals surface area contributed by atoms with E-state index in [1.165, 1.54) is 12.4 Å². The van der Waals surface area contributed by atoms with E-state index in [2.05, 4.69) is 10.3 Å². The van der Waals surface area contributed by atoms with E-state index in [1.54, 1.807) is 25.1 Å². The van der Waals surface area contributed by atoms with Gasteiger partial charge in [-0.15, -0.1) is 11.3 Å². The second kappa shape index (κ2) is 9.52. The summed E-state index contributed by atoms with van der Waals surface area (Å²) in [7, 11) is 0. The second-order valence-corrected chi connectivity index (χ2v) is 7.90. The molecule has 9 nitrogen and oxygen atoms in total. The SMILES string of the molecule is CCCCOC(=O)c1cccc(NC(=O)Cn2cnc3sc(C(N)=O)c(C)c3c2=O)c1. The Balaban J connectivity index is 1.75. The summed E-state index contributed by atoms with van der Waals surface area (Å²) in [6.45, 7) is 3.67. The fourth-order valence-electron chi connectivity index (χ4n) is 2.98. The number of hydrogen-bond acceptors (Lipinski definition) is 7. The van der Waals surface area contributed by atoms with Gasteiger partial charge in [0.25, 0.3) is 11.5 Å². The van der Waals surface area contributed by atoms with Crippen LogP contribution in [-0.2, 0) is 16.1 Å². The maximum absolute atomic E-state index is 12.8. The van der Waals surface area contributed by atoms with Crippen LogP contribution in [0.15, 0.2) is 35.4 Å². The molecule has 0 saturated heterocycles. The molecule has 3 rings (SSSR count). The fraction of sp³-hybridized carbons (Fsp3) is 0.286. The van der Waals surface area contributed by atoms with Crippen molar-refractivity contribution in [2.45, 2.75) is 33.2 Å². The number of nitrogens with zero attached hydrogens (tertiary/aromatic N) is 2. The molecular formula is C21H22N4O5S. The van der Waals surface area contributed by atoms with Crippen LogP contribution in [0.1, 0.15) is 45.4 Å². The number of rotatable bonds is 8. The number of nitrogens with two attached hydrogens (primary N) is 1. The Kier molecular flexibility index (Phi) is 6.81. The van der Waals surface area contributed by atoms with E-state index in [0.717, 1.165) is 28.7 Å². The molecule has 10 heteroatoms. The van der Waals surface area contributed by atoms with Gasteiger partial charge in [0.1, 0.15) is 11.4 Å². The number of thiophene rings is 1. The average molecular weight is 442 g/mol. The van der Waals surface area contributed by atoms with Crippen LogP contribution in [0.4, 0.5) is 5.69 Å². The van der Waals surface area contributed by atoms with Crippen LogP contribution < -0.4 is 16.6 Å². The Morgan fingerprint density at radius 1 is 1.29 bits per heavy atom. The number of unbranched alkanes of at least 4 members (excludes halogenated alkanes) is 1. The lowest BCUT2D eigenvalue weighted by molar-refractivity contribution is -0.116. The summed E-state index contributed by atoms with van der Waals surface area (Å²) in [4.78, 5) is 53.7. The quantitative estimate of drug-likeness (QED) is 0.407. The summed E-state index contributed by atoms with van der Waals surface area (Å²) in [5.74, 6) is -1.56. The van der Waals surface area contributed by atoms with Crippen LogP contribution >= 0.6 is 11.3 Å². The van der Waals surface area contributed by atoms with Crippen LogP contribution in [0.25, 0.3) is 10.2 Å². The van der Waals surface area contributed by atoms with E-state index < -0.39 is 23.3 Å². The summed E-state index contributed by atoms with van der Waals surface area (Å²) in [5, 5.41) is 2.93. The third-order valence-electron chi connectivity index (χ3n) is 4.57. The lowest BCUT2D eigenvalue weighted by Gasteiger charge is -2.09. The number of anilines is 1. The summed E-state index contributed by atoms with van der Waals surface area (Å²) < 4.78 is 6.33. The molecule has 0 aliphatic rings. The standard InChI is InChI=1S/C21H22N4O5S/c1-3-4-8-30-21(29)13-6-5-7-14(9-13)24-15(26)10-25-11-23-19-16(20(25)28)12(2)17(31-19)18(22)27/h5-7,9,11H,3-4,8,10H2,1-2H3,(H2,22,27)(H,24,26). The number of aryl methyl sites for hydroxylation is 1. The minimum absolute atomic E-state index is 0.268. The second-order valence-electron chi connectivity index (χ2n) is 6.90. The minimum atomic E-state index is -0.628. The number of benzene rings is 1. The molecule has 0 radical (unpaired) electrons. The van der Waals surface area contributed by atoms with Crippen molar-refractivity contribution in [3.63, 3.8) is 0 Å². The van der Waals surface area contributed by atoms with Crippen molar-refractivity contribution in [2.24, 2.45) is 5.73 Å². The molecule has 0 unspecified atom stereocenters. The van der Waals surface area contributed by atoms with Gasteiger partial charge in [-0.1, -0.05) is 19.4 Å². The highest BCUT2D eigenvalue weighted by atomic mass is 32.1. The molecule has 0 atom stereocenters. The monoisotopic (exact) mass is 442 g/mol. The summed E-state index contributed by atoms with van der Waals surface area (Å²) in [6.07, 6.45) is 2.95. The van der Waals surface area contributed by atoms with E-state index in [9.17, 15) is 19.2 Å². The number of nitrogens with one attached hydrogen (secondary N) is 1. The van der Waals surface area contributed by atoms with E-state index in [-0.39, 0.29) is 16.8 Å². The van der Waals surface area contributed by atoms with Gasteiger partial charge in [-0.25, -0.2) is 9.78 Å². The smallest absolute Gasteiger partial charge is 0.338 e. The highest BCUT2D eigenvalue weighted by Gasteiger charge is 2.18. The lowest BCUT2D eigenvalue weighted by atomic mass is 10.2. The molecule has 31 heavy (non-hydrogen) atoms. The average Bonchev–Trinajstić information content (AvgIpc) is 3.08. The van der Waals surface area contributed by atoms with Crippen LogP contribution in [0.5, 0.6) is 0 Å². The number of carbonyl (C=O) groups excluding carboxylic acids is 3. The molecule has 0 spiro atoms. The zero-order valence-electron chi connectivity index (χ0n) is 17.1. The molecule has 3 aromatic rings. The van der Waals surface area contributed by atoms with Crippen molar-refractivity contribution in [1.29, 1.82) is 0 Å². The van der Waals surface area contributed by atoms with Gasteiger partial charge in [0, 0.05) is 5.69 Å². The summed E-state index contributed by atoms with van der Waals surface area (Å²) in [5.41, 5.74) is 6.08. The van der Waals surface area contributed by atoms with Crippen molar-refractivity contribution in [1.82, 2.24) is 9.55 Å². The predicted octanol–water partition coefficient (Wildman–Crippen LogP) is 2.46. The molecule has 0 saturated carbocycles. The Morgan fingerprint density at radius 3 is 2.77 bits per heavy atom. The zero-order valence-corrected chi connectivity index (χ0v) is 18.0. The molecule has 2 amide bonds. The Hall–Kier alpha value is -3.53. The van der Waals surface area contributed by atoms with E-state index in [0.29, 0.717) is 28.3 Å². The normalized spacial score (nSPS) is 10.8. The maximum atomic E-state index is 12.8. The van der Waals surface area contributed by atoms with Gasteiger partial charge in [0.05, 0.1) is 28.8 Å². The Morgan fingerprint density at radius 2 is 2.06 bits per heavy atom. The lowest BCUT2D eigenvalue weighted by Crippen LogP contribution is -2.28. The first-order valence-electron chi connectivity index (χ1n) is 9.67. The van der Waals surface area contributed by atoms with Crippen molar-refractivity contribution in [2.75, 3.05) is 11.9 Å². The number of fused-ring (bicyclic) bond motifs is 1. The topological polar surface area (TPSA) is 133 Å². The van der Waals surface area contributed by atoms with Crippen molar-refractivity contribution >= 4 is 45.0 Å². The number of aromatic nitrogens is 2. The number of carbonyl (C=O) groups is 3. The van der Waals surface area contributed by atoms with Gasteiger partial charge < -0.3 is 15.8 Å². The summed E-state index contributed by atoms with van der Waals surface area (Å²) in [6, 6.07) is 6.37. The fourth-order valence-corrected chi connectivity index (χ4v) is 3.97. The van der Waals surface area contributed by atoms with Crippen molar-refractivity contribution in [3.05, 3.63) is 57.0 Å². The van der Waals surface area contributed by atoms with Crippen LogP contribution in [-0.4, -0.2) is 33.9 Å². The number of amides is 2. The highest BCUT2D eigenvalue weighted by Crippen LogP contribution is 2.26. The van der Waals surface area contributed by atoms with E-state index >= 15 is 0 Å². The predicted molar refractivity (Wildman–Crippen MR) is 117 cm³/mol. The van der Waals surface area contributed by atoms with E-state index in [1.807, 2.05) is 6.92 Å². The first-order chi connectivity index (χ1) is 14.8. The maximum Gasteiger partial charge on any atom is 0.338 e. The molecule has 162 valence electrons. The van der Waals surface area contributed by atoms with Gasteiger partial charge in [0.2, 0.25) is 5.91 Å². The number of esters is 1. The molecule has 0 fully saturated rings. The molecule has 0 aliphatic carbocycles. The van der Waals surface area contributed by atoms with Gasteiger partial charge in [-0.3, -0.25) is 19.0 Å². The van der Waals surface area contributed by atoms with E-state index in [4.69, 9.17) is 10.5 Å². The van der Waals surface area contributed by atoms with Crippen molar-refractivity contribution in [3.8, 4) is 0 Å². The van der Waals surface area contributed by atoms with Gasteiger partial charge in [0.15, 0.2) is 0 Å². The molecule has 3 N–H and O–H groups in total. The number of hydrogen-bond donors (Lipinski definition) is 2. The van der Waals surface area contributed by atoms with Crippen molar-refractivity contribution < 1.29 is 19.1 Å². The summed E-state index contributed by atoms with van der Waals surface area (Å²) >= 11 is 1.04. The van der Waals surface area contributed by atoms with Crippen LogP contribution in [0.2, 0.25) is 0 Å². The van der Waals surface area contributed by atoms with Crippen LogP contribution in [0, 0.1) is 6.92 Å². The minimum Gasteiger partial charge on any atom is -0.462 e. The number of primary amides is 1. The van der Waals surface area contributed by atoms with Gasteiger partial charge in [-0.2, -0.15) is 0 Å². The molecular weight excluding hydrogens is 420 g/mol. The molecule has 0 bridgehead atoms. The number of ether oxygens (including phenoxy) is 1. The Labute approximate surface area is 181 Å². The largest absolute Gasteiger partial charge is 0.462 e. The molecule has 1 aromatic carbocycles. The Bertz CT molecular complexity index is 1210. The van der Waals surface area contributed by atoms with Crippen LogP contribution in [0.3, 0.4) is 0 Å². The first-order valence-corrected chi connectivity index (χ1v) is 10.5. The highest BCUT2D eigenvalue weighted by molar-refractivity contribution is 7.20. The van der Waals surface area contributed by atoms with Gasteiger partial charge >= 0.3 is 5.97 Å².